The number of fused-ring (bicyclic) bond motifs is 1. The van der Waals surface area contributed by atoms with E-state index < -0.39 is 0 Å². The first-order valence-corrected chi connectivity index (χ1v) is 6.71. The average Bonchev–Trinajstić information content (AvgIpc) is 2.37. The number of nitrogens with two attached hydrogens (primary N) is 1. The largest absolute Gasteiger partial charge is 0.398 e. The SMILES string of the molecule is CN(C)c1ccc(N(C)C)c2c(N(C)C)ccc(N)c12. The average molecular weight is 272 g/mol. The van der Waals surface area contributed by atoms with E-state index in [-0.39, 0.29) is 0 Å². The molecule has 0 atom stereocenters. The van der Waals surface area contributed by atoms with E-state index in [4.69, 9.17) is 5.73 Å². The smallest absolute Gasteiger partial charge is 0.0464 e. The van der Waals surface area contributed by atoms with Crippen molar-refractivity contribution in [2.24, 2.45) is 0 Å². The number of nitrogen functional groups attached to an aromatic ring is 1. The third-order valence-corrected chi connectivity index (χ3v) is 3.57. The van der Waals surface area contributed by atoms with Gasteiger partial charge in [-0.2, -0.15) is 0 Å². The molecule has 0 aliphatic rings. The Morgan fingerprint density at radius 3 is 1.35 bits per heavy atom. The standard InChI is InChI=1S/C16H24N4/c1-18(2)12-9-10-14(20(5)6)16-13(19(3)4)8-7-11(17)15(12)16/h7-10H,17H2,1-6H3. The van der Waals surface area contributed by atoms with Crippen LogP contribution in [0, 0.1) is 0 Å². The zero-order chi connectivity index (χ0) is 15.0. The normalized spacial score (nSPS) is 10.7. The molecule has 0 unspecified atom stereocenters. The Morgan fingerprint density at radius 2 is 0.950 bits per heavy atom. The molecule has 0 saturated heterocycles. The van der Waals surface area contributed by atoms with Crippen LogP contribution in [0.25, 0.3) is 10.8 Å². The Labute approximate surface area is 121 Å². The first-order valence-electron chi connectivity index (χ1n) is 6.71. The molecule has 0 amide bonds. The van der Waals surface area contributed by atoms with Gasteiger partial charge in [0.1, 0.15) is 0 Å². The van der Waals surface area contributed by atoms with Crippen LogP contribution in [-0.2, 0) is 0 Å². The van der Waals surface area contributed by atoms with Gasteiger partial charge in [0, 0.05) is 75.8 Å². The van der Waals surface area contributed by atoms with Crippen LogP contribution in [0.3, 0.4) is 0 Å². The number of anilines is 4. The van der Waals surface area contributed by atoms with Gasteiger partial charge in [0.05, 0.1) is 0 Å². The first-order chi connectivity index (χ1) is 9.34. The van der Waals surface area contributed by atoms with E-state index in [1.807, 2.05) is 20.2 Å². The second-order valence-corrected chi connectivity index (χ2v) is 5.71. The molecule has 0 radical (unpaired) electrons. The van der Waals surface area contributed by atoms with Crippen LogP contribution >= 0.6 is 0 Å². The second kappa shape index (κ2) is 5.12. The van der Waals surface area contributed by atoms with E-state index in [1.165, 1.54) is 16.8 Å². The van der Waals surface area contributed by atoms with Crippen molar-refractivity contribution in [1.29, 1.82) is 0 Å². The highest BCUT2D eigenvalue weighted by molar-refractivity contribution is 6.14. The minimum absolute atomic E-state index is 0.818. The third kappa shape index (κ3) is 2.22. The predicted octanol–water partition coefficient (Wildman–Crippen LogP) is 2.62. The molecular weight excluding hydrogens is 248 g/mol. The van der Waals surface area contributed by atoms with Gasteiger partial charge in [-0.15, -0.1) is 0 Å². The van der Waals surface area contributed by atoms with Gasteiger partial charge in [-0.1, -0.05) is 0 Å². The van der Waals surface area contributed by atoms with Crippen molar-refractivity contribution in [2.75, 3.05) is 62.7 Å². The summed E-state index contributed by atoms with van der Waals surface area (Å²) in [6.45, 7) is 0. The molecule has 0 saturated carbocycles. The monoisotopic (exact) mass is 272 g/mol. The molecule has 2 aromatic rings. The van der Waals surface area contributed by atoms with Crippen LogP contribution in [0.4, 0.5) is 22.7 Å². The number of hydrogen-bond acceptors (Lipinski definition) is 4. The summed E-state index contributed by atoms with van der Waals surface area (Å²) < 4.78 is 0. The quantitative estimate of drug-likeness (QED) is 0.871. The topological polar surface area (TPSA) is 35.7 Å². The lowest BCUT2D eigenvalue weighted by atomic mass is 10.0. The highest BCUT2D eigenvalue weighted by Crippen LogP contribution is 2.41. The Morgan fingerprint density at radius 1 is 0.600 bits per heavy atom. The van der Waals surface area contributed by atoms with Crippen LogP contribution in [0.2, 0.25) is 0 Å². The Hall–Kier alpha value is -2.10. The lowest BCUT2D eigenvalue weighted by Crippen LogP contribution is -2.16. The van der Waals surface area contributed by atoms with E-state index in [0.29, 0.717) is 0 Å². The Kier molecular flexibility index (Phi) is 3.66. The molecule has 4 heteroatoms. The number of rotatable bonds is 3. The molecule has 0 aliphatic heterocycles. The van der Waals surface area contributed by atoms with Crippen molar-refractivity contribution >= 4 is 33.5 Å². The molecule has 0 spiro atoms. The van der Waals surface area contributed by atoms with Gasteiger partial charge in [-0.3, -0.25) is 0 Å². The summed E-state index contributed by atoms with van der Waals surface area (Å²) in [5.74, 6) is 0. The number of hydrogen-bond donors (Lipinski definition) is 1. The highest BCUT2D eigenvalue weighted by atomic mass is 15.1. The molecule has 2 rings (SSSR count). The van der Waals surface area contributed by atoms with Crippen LogP contribution in [0.15, 0.2) is 24.3 Å². The van der Waals surface area contributed by atoms with E-state index in [0.717, 1.165) is 16.8 Å². The molecule has 108 valence electrons. The molecule has 20 heavy (non-hydrogen) atoms. The maximum Gasteiger partial charge on any atom is 0.0464 e. The fourth-order valence-electron chi connectivity index (χ4n) is 2.59. The lowest BCUT2D eigenvalue weighted by molar-refractivity contribution is 1.11. The number of nitrogens with zero attached hydrogens (tertiary/aromatic N) is 3. The Balaban J connectivity index is 2.98. The number of benzene rings is 2. The summed E-state index contributed by atoms with van der Waals surface area (Å²) in [6, 6.07) is 8.37. The molecule has 0 heterocycles. The van der Waals surface area contributed by atoms with Crippen molar-refractivity contribution in [3.63, 3.8) is 0 Å². The fourth-order valence-corrected chi connectivity index (χ4v) is 2.59. The molecular formula is C16H24N4. The summed E-state index contributed by atoms with van der Waals surface area (Å²) >= 11 is 0. The molecule has 2 aromatic carbocycles. The van der Waals surface area contributed by atoms with Gasteiger partial charge >= 0.3 is 0 Å². The van der Waals surface area contributed by atoms with Crippen molar-refractivity contribution in [2.45, 2.75) is 0 Å². The van der Waals surface area contributed by atoms with Crippen LogP contribution in [0.5, 0.6) is 0 Å². The zero-order valence-electron chi connectivity index (χ0n) is 13.2. The zero-order valence-corrected chi connectivity index (χ0v) is 13.2. The lowest BCUT2D eigenvalue weighted by Gasteiger charge is -2.26. The van der Waals surface area contributed by atoms with Gasteiger partial charge in [-0.25, -0.2) is 0 Å². The molecule has 0 fully saturated rings. The van der Waals surface area contributed by atoms with Gasteiger partial charge in [0.2, 0.25) is 0 Å². The third-order valence-electron chi connectivity index (χ3n) is 3.57. The van der Waals surface area contributed by atoms with Gasteiger partial charge in [0.25, 0.3) is 0 Å². The maximum absolute atomic E-state index is 6.27. The van der Waals surface area contributed by atoms with Gasteiger partial charge in [-0.05, 0) is 24.3 Å². The molecule has 2 N–H and O–H groups in total. The van der Waals surface area contributed by atoms with Crippen LogP contribution < -0.4 is 20.4 Å². The van der Waals surface area contributed by atoms with Crippen molar-refractivity contribution in [1.82, 2.24) is 0 Å². The van der Waals surface area contributed by atoms with E-state index in [2.05, 4.69) is 61.1 Å². The van der Waals surface area contributed by atoms with Crippen LogP contribution in [0.1, 0.15) is 0 Å². The molecule has 4 nitrogen and oxygen atoms in total. The van der Waals surface area contributed by atoms with E-state index >= 15 is 0 Å². The minimum Gasteiger partial charge on any atom is -0.398 e. The van der Waals surface area contributed by atoms with Crippen molar-refractivity contribution in [3.8, 4) is 0 Å². The summed E-state index contributed by atoms with van der Waals surface area (Å²) in [4.78, 5) is 6.38. The summed E-state index contributed by atoms with van der Waals surface area (Å²) in [6.07, 6.45) is 0. The predicted molar refractivity (Wildman–Crippen MR) is 91.3 cm³/mol. The maximum atomic E-state index is 6.27. The van der Waals surface area contributed by atoms with Crippen LogP contribution in [-0.4, -0.2) is 42.3 Å². The summed E-state index contributed by atoms with van der Waals surface area (Å²) in [7, 11) is 12.3. The summed E-state index contributed by atoms with van der Waals surface area (Å²) in [5.41, 5.74) is 10.6. The molecule has 0 aromatic heterocycles. The highest BCUT2D eigenvalue weighted by Gasteiger charge is 2.16. The summed E-state index contributed by atoms with van der Waals surface area (Å²) in [5, 5.41) is 2.32. The first kappa shape index (κ1) is 14.3. The van der Waals surface area contributed by atoms with E-state index in [9.17, 15) is 0 Å². The fraction of sp³-hybridized carbons (Fsp3) is 0.375. The van der Waals surface area contributed by atoms with Crippen molar-refractivity contribution in [3.05, 3.63) is 24.3 Å². The molecule has 0 bridgehead atoms. The molecule has 0 aliphatic carbocycles. The second-order valence-electron chi connectivity index (χ2n) is 5.71. The van der Waals surface area contributed by atoms with Gasteiger partial charge in [0.15, 0.2) is 0 Å². The minimum atomic E-state index is 0.818. The van der Waals surface area contributed by atoms with Crippen molar-refractivity contribution < 1.29 is 0 Å². The Bertz CT molecular complexity index is 616. The van der Waals surface area contributed by atoms with E-state index in [1.54, 1.807) is 0 Å². The van der Waals surface area contributed by atoms with Gasteiger partial charge < -0.3 is 20.4 Å².